The van der Waals surface area contributed by atoms with E-state index < -0.39 is 0 Å². The minimum Gasteiger partial charge on any atom is -0.370 e. The molecule has 1 saturated carbocycles. The Balaban J connectivity index is 1.86. The Morgan fingerprint density at radius 1 is 1.05 bits per heavy atom. The second-order valence-electron chi connectivity index (χ2n) is 6.95. The fraction of sp³-hybridized carbons (Fsp3) is 0.778. The highest BCUT2D eigenvalue weighted by atomic mass is 15.0. The minimum absolute atomic E-state index is 0.593. The summed E-state index contributed by atoms with van der Waals surface area (Å²) in [5.74, 6) is 3.75. The van der Waals surface area contributed by atoms with Gasteiger partial charge in [-0.15, -0.1) is 0 Å². The van der Waals surface area contributed by atoms with E-state index in [2.05, 4.69) is 19.2 Å². The highest BCUT2D eigenvalue weighted by Gasteiger charge is 2.25. The molecule has 0 spiro atoms. The van der Waals surface area contributed by atoms with Crippen molar-refractivity contribution >= 4 is 5.82 Å². The fourth-order valence-corrected chi connectivity index (χ4v) is 3.70. The van der Waals surface area contributed by atoms with Crippen molar-refractivity contribution in [3.63, 3.8) is 0 Å². The standard InChI is InChI=1S/C18H29N3/c1-3-12-19-18-15-6-4-5-7-16(15)20-17(21-18)14-10-8-13(2)9-11-14/h13-14H,3-12H2,1-2H3,(H,19,20,21). The summed E-state index contributed by atoms with van der Waals surface area (Å²) in [6.45, 7) is 5.60. The molecule has 3 nitrogen and oxygen atoms in total. The maximum atomic E-state index is 4.98. The van der Waals surface area contributed by atoms with Crippen molar-refractivity contribution < 1.29 is 0 Å². The van der Waals surface area contributed by atoms with Crippen molar-refractivity contribution in [3.05, 3.63) is 17.1 Å². The third kappa shape index (κ3) is 3.38. The second kappa shape index (κ2) is 6.76. The van der Waals surface area contributed by atoms with Gasteiger partial charge in [-0.3, -0.25) is 0 Å². The number of aromatic nitrogens is 2. The maximum Gasteiger partial charge on any atom is 0.134 e. The SMILES string of the molecule is CCCNc1nc(C2CCC(C)CC2)nc2c1CCCC2. The topological polar surface area (TPSA) is 37.8 Å². The number of hydrogen-bond acceptors (Lipinski definition) is 3. The van der Waals surface area contributed by atoms with E-state index in [-0.39, 0.29) is 0 Å². The minimum atomic E-state index is 0.593. The molecule has 0 aromatic carbocycles. The van der Waals surface area contributed by atoms with Gasteiger partial charge in [0.15, 0.2) is 0 Å². The molecular formula is C18H29N3. The molecule has 3 rings (SSSR count). The zero-order valence-corrected chi connectivity index (χ0v) is 13.6. The molecule has 3 heteroatoms. The smallest absolute Gasteiger partial charge is 0.134 e. The van der Waals surface area contributed by atoms with Gasteiger partial charge in [0.05, 0.1) is 0 Å². The van der Waals surface area contributed by atoms with Gasteiger partial charge in [-0.1, -0.05) is 26.7 Å². The van der Waals surface area contributed by atoms with Crippen LogP contribution in [0.15, 0.2) is 0 Å². The molecule has 0 amide bonds. The van der Waals surface area contributed by atoms with Crippen LogP contribution in [0.1, 0.15) is 81.8 Å². The number of nitrogens with one attached hydrogen (secondary N) is 1. The maximum absolute atomic E-state index is 4.98. The molecule has 1 aromatic heterocycles. The van der Waals surface area contributed by atoms with Crippen molar-refractivity contribution in [1.82, 2.24) is 9.97 Å². The van der Waals surface area contributed by atoms with Gasteiger partial charge in [0.1, 0.15) is 11.6 Å². The average Bonchev–Trinajstić information content (AvgIpc) is 2.53. The lowest BCUT2D eigenvalue weighted by molar-refractivity contribution is 0.339. The Morgan fingerprint density at radius 3 is 2.57 bits per heavy atom. The molecule has 1 heterocycles. The first kappa shape index (κ1) is 14.8. The van der Waals surface area contributed by atoms with Crippen LogP contribution in [0.3, 0.4) is 0 Å². The van der Waals surface area contributed by atoms with Gasteiger partial charge in [0.2, 0.25) is 0 Å². The Hall–Kier alpha value is -1.12. The van der Waals surface area contributed by atoms with E-state index in [9.17, 15) is 0 Å². The van der Waals surface area contributed by atoms with Crippen molar-refractivity contribution in [2.24, 2.45) is 5.92 Å². The monoisotopic (exact) mass is 287 g/mol. The summed E-state index contributed by atoms with van der Waals surface area (Å²) in [5, 5.41) is 3.56. The summed E-state index contributed by atoms with van der Waals surface area (Å²) in [7, 11) is 0. The van der Waals surface area contributed by atoms with Gasteiger partial charge in [0.25, 0.3) is 0 Å². The zero-order valence-electron chi connectivity index (χ0n) is 13.6. The number of anilines is 1. The van der Waals surface area contributed by atoms with Crippen LogP contribution in [-0.4, -0.2) is 16.5 Å². The Bertz CT molecular complexity index is 476. The lowest BCUT2D eigenvalue weighted by Gasteiger charge is -2.27. The molecule has 1 N–H and O–H groups in total. The van der Waals surface area contributed by atoms with E-state index >= 15 is 0 Å². The molecule has 0 bridgehead atoms. The fourth-order valence-electron chi connectivity index (χ4n) is 3.70. The Labute approximate surface area is 129 Å². The van der Waals surface area contributed by atoms with Crippen LogP contribution in [0.4, 0.5) is 5.82 Å². The number of nitrogens with zero attached hydrogens (tertiary/aromatic N) is 2. The molecule has 0 unspecified atom stereocenters. The van der Waals surface area contributed by atoms with Gasteiger partial charge in [-0.05, 0) is 50.9 Å². The van der Waals surface area contributed by atoms with Gasteiger partial charge in [0, 0.05) is 23.7 Å². The summed E-state index contributed by atoms with van der Waals surface area (Å²) < 4.78 is 0. The zero-order chi connectivity index (χ0) is 14.7. The average molecular weight is 287 g/mol. The lowest BCUT2D eigenvalue weighted by Crippen LogP contribution is -2.19. The molecule has 0 atom stereocenters. The summed E-state index contributed by atoms with van der Waals surface area (Å²) in [5.41, 5.74) is 2.74. The van der Waals surface area contributed by atoms with Crippen LogP contribution in [-0.2, 0) is 12.8 Å². The summed E-state index contributed by atoms with van der Waals surface area (Å²) in [6.07, 6.45) is 11.2. The third-order valence-electron chi connectivity index (χ3n) is 5.12. The van der Waals surface area contributed by atoms with E-state index in [1.807, 2.05) is 0 Å². The molecular weight excluding hydrogens is 258 g/mol. The normalized spacial score (nSPS) is 25.4. The highest BCUT2D eigenvalue weighted by Crippen LogP contribution is 2.36. The van der Waals surface area contributed by atoms with E-state index in [0.29, 0.717) is 5.92 Å². The van der Waals surface area contributed by atoms with Gasteiger partial charge >= 0.3 is 0 Å². The third-order valence-corrected chi connectivity index (χ3v) is 5.12. The molecule has 2 aliphatic carbocycles. The summed E-state index contributed by atoms with van der Waals surface area (Å²) >= 11 is 0. The summed E-state index contributed by atoms with van der Waals surface area (Å²) in [6, 6.07) is 0. The van der Waals surface area contributed by atoms with Crippen LogP contribution >= 0.6 is 0 Å². The number of aryl methyl sites for hydroxylation is 1. The van der Waals surface area contributed by atoms with Gasteiger partial charge < -0.3 is 5.32 Å². The first-order valence-electron chi connectivity index (χ1n) is 8.91. The predicted molar refractivity (Wildman–Crippen MR) is 87.8 cm³/mol. The molecule has 21 heavy (non-hydrogen) atoms. The first-order valence-corrected chi connectivity index (χ1v) is 8.91. The van der Waals surface area contributed by atoms with Crippen molar-refractivity contribution in [2.45, 2.75) is 77.6 Å². The predicted octanol–water partition coefficient (Wildman–Crippen LogP) is 4.47. The number of fused-ring (bicyclic) bond motifs is 1. The number of rotatable bonds is 4. The van der Waals surface area contributed by atoms with Crippen molar-refractivity contribution in [1.29, 1.82) is 0 Å². The second-order valence-corrected chi connectivity index (χ2v) is 6.95. The Kier molecular flexibility index (Phi) is 4.77. The van der Waals surface area contributed by atoms with Crippen molar-refractivity contribution in [2.75, 3.05) is 11.9 Å². The molecule has 2 aliphatic rings. The van der Waals surface area contributed by atoms with Crippen LogP contribution < -0.4 is 5.32 Å². The molecule has 116 valence electrons. The highest BCUT2D eigenvalue weighted by molar-refractivity contribution is 5.48. The quantitative estimate of drug-likeness (QED) is 0.887. The first-order chi connectivity index (χ1) is 10.3. The molecule has 1 fully saturated rings. The Morgan fingerprint density at radius 2 is 1.81 bits per heavy atom. The molecule has 0 radical (unpaired) electrons. The van der Waals surface area contributed by atoms with E-state index in [0.717, 1.165) is 43.4 Å². The molecule has 0 aliphatic heterocycles. The van der Waals surface area contributed by atoms with Crippen LogP contribution in [0.2, 0.25) is 0 Å². The van der Waals surface area contributed by atoms with Crippen LogP contribution in [0.25, 0.3) is 0 Å². The van der Waals surface area contributed by atoms with Gasteiger partial charge in [-0.25, -0.2) is 9.97 Å². The van der Waals surface area contributed by atoms with Gasteiger partial charge in [-0.2, -0.15) is 0 Å². The molecule has 0 saturated heterocycles. The largest absolute Gasteiger partial charge is 0.370 e. The van der Waals surface area contributed by atoms with E-state index in [1.54, 1.807) is 0 Å². The number of hydrogen-bond donors (Lipinski definition) is 1. The lowest BCUT2D eigenvalue weighted by atomic mass is 9.82. The van der Waals surface area contributed by atoms with E-state index in [1.165, 1.54) is 49.8 Å². The van der Waals surface area contributed by atoms with E-state index in [4.69, 9.17) is 9.97 Å². The van der Waals surface area contributed by atoms with Crippen LogP contribution in [0, 0.1) is 5.92 Å². The molecule has 1 aromatic rings. The summed E-state index contributed by atoms with van der Waals surface area (Å²) in [4.78, 5) is 9.93. The van der Waals surface area contributed by atoms with Crippen molar-refractivity contribution in [3.8, 4) is 0 Å². The van der Waals surface area contributed by atoms with Crippen LogP contribution in [0.5, 0.6) is 0 Å².